The van der Waals surface area contributed by atoms with Crippen molar-refractivity contribution in [1.82, 2.24) is 0 Å². The van der Waals surface area contributed by atoms with Gasteiger partial charge in [-0.1, -0.05) is 38.3 Å². The van der Waals surface area contributed by atoms with Crippen molar-refractivity contribution in [3.05, 3.63) is 11.6 Å². The highest BCUT2D eigenvalue weighted by molar-refractivity contribution is 5.26. The summed E-state index contributed by atoms with van der Waals surface area (Å²) in [5.74, 6) is 12.5. The summed E-state index contributed by atoms with van der Waals surface area (Å²) in [5, 5.41) is 10.2. The van der Waals surface area contributed by atoms with Gasteiger partial charge in [0, 0.05) is 6.42 Å². The number of fused-ring (bicyclic) bond motifs is 5. The Morgan fingerprint density at radius 1 is 1.19 bits per heavy atom. The van der Waals surface area contributed by atoms with Crippen LogP contribution in [0.5, 0.6) is 0 Å². The number of aliphatic hydroxyl groups excluding tert-OH is 1. The van der Waals surface area contributed by atoms with E-state index in [1.54, 1.807) is 5.57 Å². The van der Waals surface area contributed by atoms with E-state index in [9.17, 15) is 5.11 Å². The summed E-state index contributed by atoms with van der Waals surface area (Å²) in [6.07, 6.45) is 18.6. The van der Waals surface area contributed by atoms with Gasteiger partial charge >= 0.3 is 0 Å². The first-order chi connectivity index (χ1) is 12.9. The summed E-state index contributed by atoms with van der Waals surface area (Å²) in [7, 11) is 0. The van der Waals surface area contributed by atoms with Crippen molar-refractivity contribution < 1.29 is 5.11 Å². The van der Waals surface area contributed by atoms with Gasteiger partial charge in [0.25, 0.3) is 0 Å². The van der Waals surface area contributed by atoms with E-state index in [-0.39, 0.29) is 6.10 Å². The van der Waals surface area contributed by atoms with Crippen LogP contribution in [0.4, 0.5) is 0 Å². The summed E-state index contributed by atoms with van der Waals surface area (Å²) >= 11 is 0. The first-order valence-electron chi connectivity index (χ1n) is 11.2. The fraction of sp³-hybridized carbons (Fsp3) is 0.769. The number of terminal acetylenes is 1. The van der Waals surface area contributed by atoms with Crippen molar-refractivity contribution in [2.24, 2.45) is 40.4 Å². The van der Waals surface area contributed by atoms with Gasteiger partial charge in [-0.15, -0.1) is 6.42 Å². The highest BCUT2D eigenvalue weighted by Gasteiger charge is 2.59. The van der Waals surface area contributed by atoms with Crippen LogP contribution in [0.2, 0.25) is 0 Å². The van der Waals surface area contributed by atoms with E-state index in [0.29, 0.717) is 16.7 Å². The molecule has 1 N–H and O–H groups in total. The van der Waals surface area contributed by atoms with Gasteiger partial charge in [0.1, 0.15) is 0 Å². The zero-order chi connectivity index (χ0) is 19.2. The molecule has 0 saturated heterocycles. The first-order valence-corrected chi connectivity index (χ1v) is 11.2. The molecule has 0 unspecified atom stereocenters. The molecule has 0 aromatic carbocycles. The van der Waals surface area contributed by atoms with Gasteiger partial charge in [0.15, 0.2) is 0 Å². The Bertz CT molecular complexity index is 715. The minimum absolute atomic E-state index is 0.101. The van der Waals surface area contributed by atoms with Gasteiger partial charge in [-0.05, 0) is 104 Å². The van der Waals surface area contributed by atoms with Crippen molar-refractivity contribution >= 4 is 0 Å². The second kappa shape index (κ2) is 7.01. The SMILES string of the molecule is C#CC#CC[C@@H](C)[C@H]1CC[C@H]2[C@@H]3CC=C4C[C@@H](O)CC[C@]4(C)[C@H]3CC[C@]12C. The molecule has 0 bridgehead atoms. The highest BCUT2D eigenvalue weighted by Crippen LogP contribution is 2.67. The molecule has 0 aliphatic heterocycles. The fourth-order valence-electron chi connectivity index (χ4n) is 8.02. The van der Waals surface area contributed by atoms with Gasteiger partial charge in [-0.25, -0.2) is 0 Å². The second-order valence-corrected chi connectivity index (χ2v) is 10.5. The number of allylic oxidation sites excluding steroid dienone is 1. The maximum absolute atomic E-state index is 10.2. The van der Waals surface area contributed by atoms with Crippen LogP contribution in [0.3, 0.4) is 0 Å². The second-order valence-electron chi connectivity index (χ2n) is 10.5. The lowest BCUT2D eigenvalue weighted by Gasteiger charge is -2.58. The largest absolute Gasteiger partial charge is 0.393 e. The van der Waals surface area contributed by atoms with Crippen LogP contribution >= 0.6 is 0 Å². The van der Waals surface area contributed by atoms with Crippen LogP contribution in [0.25, 0.3) is 0 Å². The van der Waals surface area contributed by atoms with Gasteiger partial charge in [0.05, 0.1) is 6.10 Å². The quantitative estimate of drug-likeness (QED) is 0.500. The van der Waals surface area contributed by atoms with Crippen molar-refractivity contribution in [2.75, 3.05) is 0 Å². The lowest BCUT2D eigenvalue weighted by atomic mass is 9.47. The molecular formula is C26H36O. The van der Waals surface area contributed by atoms with E-state index in [1.165, 1.54) is 38.5 Å². The summed E-state index contributed by atoms with van der Waals surface area (Å²) in [5.41, 5.74) is 2.42. The molecule has 0 heterocycles. The van der Waals surface area contributed by atoms with Crippen molar-refractivity contribution in [2.45, 2.75) is 84.7 Å². The maximum Gasteiger partial charge on any atom is 0.0577 e. The molecule has 0 spiro atoms. The molecule has 1 nitrogen and oxygen atoms in total. The molecule has 146 valence electrons. The Hall–Kier alpha value is -1.18. The fourth-order valence-corrected chi connectivity index (χ4v) is 8.02. The third-order valence-electron chi connectivity index (χ3n) is 9.42. The predicted octanol–water partition coefficient (Wildman–Crippen LogP) is 5.59. The zero-order valence-corrected chi connectivity index (χ0v) is 17.4. The first kappa shape index (κ1) is 19.2. The summed E-state index contributed by atoms with van der Waals surface area (Å²) in [6, 6.07) is 0. The van der Waals surface area contributed by atoms with E-state index in [4.69, 9.17) is 6.42 Å². The average Bonchev–Trinajstić information content (AvgIpc) is 3.00. The molecule has 4 aliphatic carbocycles. The Kier molecular flexibility index (Phi) is 4.97. The van der Waals surface area contributed by atoms with E-state index >= 15 is 0 Å². The van der Waals surface area contributed by atoms with Gasteiger partial charge in [-0.2, -0.15) is 0 Å². The van der Waals surface area contributed by atoms with Crippen molar-refractivity contribution in [3.63, 3.8) is 0 Å². The van der Waals surface area contributed by atoms with Crippen molar-refractivity contribution in [3.8, 4) is 24.2 Å². The molecule has 0 aromatic rings. The van der Waals surface area contributed by atoms with E-state index in [1.807, 2.05) is 0 Å². The monoisotopic (exact) mass is 364 g/mol. The smallest absolute Gasteiger partial charge is 0.0577 e. The summed E-state index contributed by atoms with van der Waals surface area (Å²) < 4.78 is 0. The Labute approximate surface area is 166 Å². The normalized spacial score (nSPS) is 46.6. The van der Waals surface area contributed by atoms with Crippen LogP contribution in [0.1, 0.15) is 78.6 Å². The van der Waals surface area contributed by atoms with Crippen molar-refractivity contribution in [1.29, 1.82) is 0 Å². The molecule has 0 amide bonds. The van der Waals surface area contributed by atoms with Crippen LogP contribution in [-0.4, -0.2) is 11.2 Å². The Morgan fingerprint density at radius 2 is 2.00 bits per heavy atom. The lowest BCUT2D eigenvalue weighted by Crippen LogP contribution is -2.50. The zero-order valence-electron chi connectivity index (χ0n) is 17.4. The molecule has 0 radical (unpaired) electrons. The average molecular weight is 365 g/mol. The number of hydrogen-bond acceptors (Lipinski definition) is 1. The standard InChI is InChI=1S/C26H36O/c1-5-6-7-8-18(2)22-11-12-23-21-10-9-19-17-20(27)13-15-25(19,3)24(21)14-16-26(22,23)4/h1,9,18,20-24,27H,8,10-17H2,2-4H3/t18-,20+,21+,22-,23+,24+,25+,26-/m1/s1. The Morgan fingerprint density at radius 3 is 2.78 bits per heavy atom. The minimum atomic E-state index is -0.101. The molecule has 1 heteroatoms. The molecule has 4 rings (SSSR count). The molecular weight excluding hydrogens is 328 g/mol. The predicted molar refractivity (Wildman–Crippen MR) is 112 cm³/mol. The molecule has 3 saturated carbocycles. The van der Waals surface area contributed by atoms with Crippen LogP contribution < -0.4 is 0 Å². The molecule has 27 heavy (non-hydrogen) atoms. The minimum Gasteiger partial charge on any atom is -0.393 e. The van der Waals surface area contributed by atoms with Gasteiger partial charge in [0.2, 0.25) is 0 Å². The van der Waals surface area contributed by atoms with E-state index in [2.05, 4.69) is 44.6 Å². The highest BCUT2D eigenvalue weighted by atomic mass is 16.3. The van der Waals surface area contributed by atoms with E-state index in [0.717, 1.165) is 42.9 Å². The van der Waals surface area contributed by atoms with Crippen LogP contribution in [0, 0.1) is 64.6 Å². The third-order valence-corrected chi connectivity index (χ3v) is 9.42. The molecule has 0 aromatic heterocycles. The Balaban J connectivity index is 1.56. The lowest BCUT2D eigenvalue weighted by molar-refractivity contribution is -0.0563. The third kappa shape index (κ3) is 2.98. The molecule has 3 fully saturated rings. The maximum atomic E-state index is 10.2. The van der Waals surface area contributed by atoms with Gasteiger partial charge in [-0.3, -0.25) is 0 Å². The van der Waals surface area contributed by atoms with Crippen LogP contribution in [0.15, 0.2) is 11.6 Å². The number of rotatable bonds is 2. The topological polar surface area (TPSA) is 20.2 Å². The van der Waals surface area contributed by atoms with E-state index < -0.39 is 0 Å². The van der Waals surface area contributed by atoms with Crippen LogP contribution in [-0.2, 0) is 0 Å². The number of hydrogen-bond donors (Lipinski definition) is 1. The number of aliphatic hydroxyl groups is 1. The molecule has 4 aliphatic rings. The summed E-state index contributed by atoms with van der Waals surface area (Å²) in [6.45, 7) is 7.52. The van der Waals surface area contributed by atoms with Gasteiger partial charge < -0.3 is 5.11 Å². The summed E-state index contributed by atoms with van der Waals surface area (Å²) in [4.78, 5) is 0. The molecule has 8 atom stereocenters.